The number of esters is 2. The third-order valence-electron chi connectivity index (χ3n) is 3.82. The van der Waals surface area contributed by atoms with E-state index in [1.165, 1.54) is 0 Å². The van der Waals surface area contributed by atoms with Crippen LogP contribution < -0.4 is 0 Å². The van der Waals surface area contributed by atoms with Crippen LogP contribution in [0.25, 0.3) is 0 Å². The molecule has 2 rings (SSSR count). The summed E-state index contributed by atoms with van der Waals surface area (Å²) in [6.45, 7) is 7.86. The summed E-state index contributed by atoms with van der Waals surface area (Å²) >= 11 is 5.35. The topological polar surface area (TPSA) is 52.6 Å². The van der Waals surface area contributed by atoms with Crippen LogP contribution in [0, 0.1) is 11.5 Å². The van der Waals surface area contributed by atoms with Gasteiger partial charge in [0.2, 0.25) is 0 Å². The first-order chi connectivity index (χ1) is 12.0. The molecule has 0 aliphatic heterocycles. The van der Waals surface area contributed by atoms with Crippen LogP contribution in [0.15, 0.2) is 48.1 Å². The molecule has 0 N–H and O–H groups in total. The average molecular weight is 500 g/mol. The summed E-state index contributed by atoms with van der Waals surface area (Å²) in [7, 11) is 0. The molecule has 0 spiro atoms. The zero-order valence-electron chi connectivity index (χ0n) is 14.2. The Bertz CT molecular complexity index is 622. The van der Waals surface area contributed by atoms with Gasteiger partial charge in [0, 0.05) is 0 Å². The molecule has 25 heavy (non-hydrogen) atoms. The van der Waals surface area contributed by atoms with Gasteiger partial charge in [0.15, 0.2) is 5.41 Å². The van der Waals surface area contributed by atoms with Crippen LogP contribution in [-0.2, 0) is 36.2 Å². The molecular weight excluding hydrogens is 479 g/mol. The van der Waals surface area contributed by atoms with Crippen LogP contribution in [-0.4, -0.2) is 25.2 Å². The second kappa shape index (κ2) is 10.7. The molecule has 4 nitrogen and oxygen atoms in total. The quantitative estimate of drug-likeness (QED) is 0.265. The summed E-state index contributed by atoms with van der Waals surface area (Å²) in [5, 5.41) is 0. The van der Waals surface area contributed by atoms with Gasteiger partial charge >= 0.3 is 42.6 Å². The first-order valence-corrected chi connectivity index (χ1v) is 11.4. The second-order valence-electron chi connectivity index (χ2n) is 5.45. The maximum absolute atomic E-state index is 12.4. The fourth-order valence-electron chi connectivity index (χ4n) is 2.70. The molecule has 1 aliphatic carbocycles. The second-order valence-corrected chi connectivity index (χ2v) is 5.45. The molecular formula is C19H21BrO4Pd. The number of rotatable bonds is 5. The molecule has 0 unspecified atom stereocenters. The molecule has 138 valence electrons. The van der Waals surface area contributed by atoms with Gasteiger partial charge in [-0.1, -0.05) is 6.07 Å². The van der Waals surface area contributed by atoms with Crippen molar-refractivity contribution >= 4 is 25.4 Å². The van der Waals surface area contributed by atoms with Gasteiger partial charge in [0.05, 0.1) is 13.2 Å². The number of hydrogen-bond donors (Lipinski definition) is 0. The summed E-state index contributed by atoms with van der Waals surface area (Å²) in [6, 6.07) is 9.56. The Morgan fingerprint density at radius 2 is 1.64 bits per heavy atom. The third kappa shape index (κ3) is 5.38. The fraction of sp³-hybridized carbons (Fsp3) is 0.368. The van der Waals surface area contributed by atoms with E-state index in [2.05, 4.69) is 43.3 Å². The number of benzene rings is 1. The van der Waals surface area contributed by atoms with E-state index in [0.29, 0.717) is 0 Å². The molecule has 0 bridgehead atoms. The van der Waals surface area contributed by atoms with Crippen molar-refractivity contribution in [2.75, 3.05) is 13.2 Å². The van der Waals surface area contributed by atoms with Crippen molar-refractivity contribution in [2.45, 2.75) is 26.7 Å². The van der Waals surface area contributed by atoms with E-state index in [9.17, 15) is 9.59 Å². The predicted octanol–water partition coefficient (Wildman–Crippen LogP) is 4.07. The van der Waals surface area contributed by atoms with Crippen LogP contribution in [0.4, 0.5) is 0 Å². The average Bonchev–Trinajstić information content (AvgIpc) is 2.96. The monoisotopic (exact) mass is 498 g/mol. The Balaban J connectivity index is 0.00000151. The van der Waals surface area contributed by atoms with Gasteiger partial charge in [-0.2, -0.15) is 0 Å². The first kappa shape index (κ1) is 21.8. The Morgan fingerprint density at radius 1 is 1.12 bits per heavy atom. The summed E-state index contributed by atoms with van der Waals surface area (Å²) in [4.78, 5) is 24.8. The molecule has 6 heteroatoms. The Hall–Kier alpha value is -1.22. The van der Waals surface area contributed by atoms with Gasteiger partial charge in [0.25, 0.3) is 0 Å². The Kier molecular flexibility index (Phi) is 9.34. The van der Waals surface area contributed by atoms with Gasteiger partial charge in [-0.25, -0.2) is 0 Å². The van der Waals surface area contributed by atoms with Crippen molar-refractivity contribution in [1.29, 1.82) is 0 Å². The number of hydrogen-bond acceptors (Lipinski definition) is 4. The summed E-state index contributed by atoms with van der Waals surface area (Å²) in [6.07, 6.45) is 3.66. The molecule has 1 saturated carbocycles. The van der Waals surface area contributed by atoms with Gasteiger partial charge < -0.3 is 9.47 Å². The zero-order chi connectivity index (χ0) is 18.9. The Morgan fingerprint density at radius 3 is 2.12 bits per heavy atom. The summed E-state index contributed by atoms with van der Waals surface area (Å²) < 4.78 is 10.2. The van der Waals surface area contributed by atoms with Crippen molar-refractivity contribution in [3.05, 3.63) is 59.7 Å². The zero-order valence-corrected chi connectivity index (χ0v) is 17.4. The molecule has 1 aromatic rings. The molecule has 1 aromatic carbocycles. The van der Waals surface area contributed by atoms with Crippen LogP contribution in [0.3, 0.4) is 0 Å². The molecule has 1 aliphatic rings. The van der Waals surface area contributed by atoms with Crippen molar-refractivity contribution < 1.29 is 36.2 Å². The molecule has 0 radical (unpaired) electrons. The predicted molar refractivity (Wildman–Crippen MR) is 95.3 cm³/mol. The van der Waals surface area contributed by atoms with Crippen molar-refractivity contribution in [3.8, 4) is 0 Å². The number of ether oxygens (including phenoxy) is 2. The van der Waals surface area contributed by atoms with Crippen LogP contribution in [0.1, 0.15) is 32.3 Å². The van der Waals surface area contributed by atoms with Crippen LogP contribution in [0.2, 0.25) is 0 Å². The Labute approximate surface area is 166 Å². The molecule has 0 saturated heterocycles. The summed E-state index contributed by atoms with van der Waals surface area (Å²) in [5.74, 6) is -1.10. The number of halogens is 1. The minimum absolute atomic E-state index is 0.207. The molecule has 0 amide bonds. The molecule has 1 fully saturated rings. The first-order valence-electron chi connectivity index (χ1n) is 7.86. The van der Waals surface area contributed by atoms with Crippen molar-refractivity contribution in [1.82, 2.24) is 0 Å². The standard InChI is InChI=1S/C19H21O4.BrH.Pd/c1-4-22-17(20)19(18(21)23-5-2)12-14(3)16(13-19)11-15-9-7-6-8-10-15;;/h6-10H,3-5,12-13H2,1-2H3;1H;/q-1;;+2/p-1. The van der Waals surface area contributed by atoms with Crippen LogP contribution >= 0.6 is 13.4 Å². The van der Waals surface area contributed by atoms with Gasteiger partial charge in [0.1, 0.15) is 0 Å². The third-order valence-corrected chi connectivity index (χ3v) is 3.82. The minimum atomic E-state index is -1.33. The number of carbonyl (C=O) groups is 2. The SMILES string of the molecule is C=C1CC(C(=O)OCC)(C(=O)OCC)CC1=[C-]c1ccccc1.[Br][Pd+]. The van der Waals surface area contributed by atoms with E-state index in [4.69, 9.17) is 9.47 Å². The number of allylic oxidation sites excluding steroid dienone is 2. The maximum atomic E-state index is 12.4. The normalized spacial score (nSPS) is 16.8. The van der Waals surface area contributed by atoms with E-state index < -0.39 is 17.4 Å². The number of carbonyl (C=O) groups excluding carboxylic acids is 2. The van der Waals surface area contributed by atoms with Crippen molar-refractivity contribution in [3.63, 3.8) is 0 Å². The van der Waals surface area contributed by atoms with Crippen molar-refractivity contribution in [2.24, 2.45) is 5.41 Å². The van der Waals surface area contributed by atoms with E-state index in [1.54, 1.807) is 13.8 Å². The molecule has 0 atom stereocenters. The van der Waals surface area contributed by atoms with Gasteiger partial charge in [-0.15, -0.1) is 53.6 Å². The van der Waals surface area contributed by atoms with Crippen LogP contribution in [0.5, 0.6) is 0 Å². The molecule has 0 heterocycles. The van der Waals surface area contributed by atoms with E-state index in [-0.39, 0.29) is 26.1 Å². The van der Waals surface area contributed by atoms with Gasteiger partial charge in [-0.05, 0) is 26.7 Å². The summed E-state index contributed by atoms with van der Waals surface area (Å²) in [5.41, 5.74) is 1.03. The fourth-order valence-corrected chi connectivity index (χ4v) is 2.70. The van der Waals surface area contributed by atoms with E-state index in [0.717, 1.165) is 16.7 Å². The van der Waals surface area contributed by atoms with E-state index >= 15 is 0 Å². The van der Waals surface area contributed by atoms with Gasteiger partial charge in [-0.3, -0.25) is 9.59 Å². The molecule has 0 aromatic heterocycles. The van der Waals surface area contributed by atoms with E-state index in [1.807, 2.05) is 30.3 Å².